The molecule has 0 spiro atoms. The van der Waals surface area contributed by atoms with E-state index in [9.17, 15) is 17.6 Å². The van der Waals surface area contributed by atoms with E-state index >= 15 is 0 Å². The standard InChI is InChI=1S/C12H9ClFNO4S2/c1-6-11(5-10(20-6)12(16)17)21(18,19)15-7-2-3-9(14)8(13)4-7/h2-5,15H,1H3,(H,16,17). The zero-order valence-corrected chi connectivity index (χ0v) is 12.9. The summed E-state index contributed by atoms with van der Waals surface area (Å²) in [6.07, 6.45) is 0. The van der Waals surface area contributed by atoms with Crippen molar-refractivity contribution >= 4 is 44.6 Å². The number of carbonyl (C=O) groups is 1. The smallest absolute Gasteiger partial charge is 0.345 e. The van der Waals surface area contributed by atoms with Crippen LogP contribution >= 0.6 is 22.9 Å². The van der Waals surface area contributed by atoms with Crippen LogP contribution in [0.2, 0.25) is 5.02 Å². The first-order valence-corrected chi connectivity index (χ1v) is 8.20. The molecule has 9 heteroatoms. The molecule has 0 bridgehead atoms. The molecular formula is C12H9ClFNO4S2. The van der Waals surface area contributed by atoms with Gasteiger partial charge in [-0.25, -0.2) is 17.6 Å². The Labute approximate surface area is 129 Å². The summed E-state index contributed by atoms with van der Waals surface area (Å²) in [5.41, 5.74) is 0.0869. The minimum atomic E-state index is -3.97. The van der Waals surface area contributed by atoms with E-state index in [4.69, 9.17) is 16.7 Å². The third kappa shape index (κ3) is 3.34. The molecule has 0 aliphatic carbocycles. The lowest BCUT2D eigenvalue weighted by Gasteiger charge is -2.08. The van der Waals surface area contributed by atoms with Gasteiger partial charge in [0, 0.05) is 4.88 Å². The molecule has 2 rings (SSSR count). The Morgan fingerprint density at radius 2 is 2.05 bits per heavy atom. The van der Waals surface area contributed by atoms with E-state index in [1.165, 1.54) is 13.0 Å². The largest absolute Gasteiger partial charge is 0.477 e. The summed E-state index contributed by atoms with van der Waals surface area (Å²) in [6, 6.07) is 4.46. The molecule has 1 aromatic carbocycles. The van der Waals surface area contributed by atoms with Crippen LogP contribution in [0.15, 0.2) is 29.2 Å². The van der Waals surface area contributed by atoms with Crippen molar-refractivity contribution in [1.82, 2.24) is 0 Å². The number of hydrogen-bond acceptors (Lipinski definition) is 4. The average molecular weight is 350 g/mol. The molecule has 1 heterocycles. The Hall–Kier alpha value is -1.64. The topological polar surface area (TPSA) is 83.5 Å². The van der Waals surface area contributed by atoms with Crippen LogP contribution in [-0.2, 0) is 10.0 Å². The fourth-order valence-corrected chi connectivity index (χ4v) is 4.27. The van der Waals surface area contributed by atoms with Gasteiger partial charge in [-0.15, -0.1) is 11.3 Å². The maximum Gasteiger partial charge on any atom is 0.345 e. The molecule has 0 atom stereocenters. The number of carboxylic acid groups (broad SMARTS) is 1. The van der Waals surface area contributed by atoms with Gasteiger partial charge in [-0.1, -0.05) is 11.6 Å². The molecule has 2 aromatic rings. The van der Waals surface area contributed by atoms with Crippen LogP contribution in [0.1, 0.15) is 14.5 Å². The lowest BCUT2D eigenvalue weighted by Crippen LogP contribution is -2.13. The maximum absolute atomic E-state index is 13.0. The molecule has 5 nitrogen and oxygen atoms in total. The predicted molar refractivity (Wildman–Crippen MR) is 78.2 cm³/mol. The predicted octanol–water partition coefficient (Wildman–Crippen LogP) is 3.35. The second-order valence-corrected chi connectivity index (χ2v) is 7.38. The number of rotatable bonds is 4. The van der Waals surface area contributed by atoms with Crippen LogP contribution in [-0.4, -0.2) is 19.5 Å². The van der Waals surface area contributed by atoms with Gasteiger partial charge >= 0.3 is 5.97 Å². The number of anilines is 1. The van der Waals surface area contributed by atoms with Crippen molar-refractivity contribution < 1.29 is 22.7 Å². The summed E-state index contributed by atoms with van der Waals surface area (Å²) in [5, 5.41) is 8.66. The number of aromatic carboxylic acids is 1. The van der Waals surface area contributed by atoms with Crippen molar-refractivity contribution in [3.63, 3.8) is 0 Å². The first kappa shape index (κ1) is 15.7. The van der Waals surface area contributed by atoms with Crippen LogP contribution in [0.5, 0.6) is 0 Å². The number of sulfonamides is 1. The molecule has 0 saturated carbocycles. The lowest BCUT2D eigenvalue weighted by molar-refractivity contribution is 0.0702. The summed E-state index contributed by atoms with van der Waals surface area (Å²) < 4.78 is 39.7. The first-order valence-electron chi connectivity index (χ1n) is 5.52. The monoisotopic (exact) mass is 349 g/mol. The van der Waals surface area contributed by atoms with E-state index in [0.29, 0.717) is 4.88 Å². The van der Waals surface area contributed by atoms with E-state index < -0.39 is 21.8 Å². The number of thiophene rings is 1. The summed E-state index contributed by atoms with van der Waals surface area (Å²) >= 11 is 6.44. The SMILES string of the molecule is Cc1sc(C(=O)O)cc1S(=O)(=O)Nc1ccc(F)c(Cl)c1. The second kappa shape index (κ2) is 5.63. The van der Waals surface area contributed by atoms with E-state index in [1.54, 1.807) is 0 Å². The third-order valence-electron chi connectivity index (χ3n) is 2.54. The van der Waals surface area contributed by atoms with Crippen molar-refractivity contribution in [2.75, 3.05) is 4.72 Å². The van der Waals surface area contributed by atoms with Gasteiger partial charge in [0.05, 0.1) is 10.7 Å². The molecule has 0 amide bonds. The molecule has 21 heavy (non-hydrogen) atoms. The van der Waals surface area contributed by atoms with Crippen LogP contribution in [0.4, 0.5) is 10.1 Å². The van der Waals surface area contributed by atoms with Crippen LogP contribution in [0, 0.1) is 12.7 Å². The summed E-state index contributed by atoms with van der Waals surface area (Å²) in [6.45, 7) is 1.50. The van der Waals surface area contributed by atoms with E-state index in [2.05, 4.69) is 4.72 Å². The van der Waals surface area contributed by atoms with Gasteiger partial charge in [0.25, 0.3) is 10.0 Å². The van der Waals surface area contributed by atoms with Gasteiger partial charge in [-0.05, 0) is 31.2 Å². The number of halogens is 2. The number of nitrogens with one attached hydrogen (secondary N) is 1. The molecule has 0 saturated heterocycles. The zero-order valence-electron chi connectivity index (χ0n) is 10.6. The van der Waals surface area contributed by atoms with Gasteiger partial charge in [-0.3, -0.25) is 4.72 Å². The van der Waals surface area contributed by atoms with E-state index in [0.717, 1.165) is 29.5 Å². The Morgan fingerprint density at radius 1 is 1.38 bits per heavy atom. The number of hydrogen-bond donors (Lipinski definition) is 2. The Bertz CT molecular complexity index is 817. The molecule has 2 N–H and O–H groups in total. The van der Waals surface area contributed by atoms with Gasteiger partial charge < -0.3 is 5.11 Å². The van der Waals surface area contributed by atoms with Crippen molar-refractivity contribution in [3.8, 4) is 0 Å². The molecular weight excluding hydrogens is 341 g/mol. The fraction of sp³-hybridized carbons (Fsp3) is 0.0833. The van der Waals surface area contributed by atoms with E-state index in [1.807, 2.05) is 0 Å². The second-order valence-electron chi connectivity index (χ2n) is 4.07. The minimum Gasteiger partial charge on any atom is -0.477 e. The molecule has 0 aliphatic heterocycles. The number of benzene rings is 1. The Kier molecular flexibility index (Phi) is 4.22. The third-order valence-corrected chi connectivity index (χ3v) is 5.51. The van der Waals surface area contributed by atoms with Crippen LogP contribution in [0.25, 0.3) is 0 Å². The van der Waals surface area contributed by atoms with Crippen molar-refractivity contribution in [1.29, 1.82) is 0 Å². The highest BCUT2D eigenvalue weighted by Gasteiger charge is 2.22. The fourth-order valence-electron chi connectivity index (χ4n) is 1.61. The highest BCUT2D eigenvalue weighted by molar-refractivity contribution is 7.93. The normalized spacial score (nSPS) is 11.4. The molecule has 0 aliphatic rings. The highest BCUT2D eigenvalue weighted by atomic mass is 35.5. The molecule has 0 fully saturated rings. The Balaban J connectivity index is 2.38. The van der Waals surface area contributed by atoms with Gasteiger partial charge in [0.2, 0.25) is 0 Å². The van der Waals surface area contributed by atoms with E-state index in [-0.39, 0.29) is 20.5 Å². The summed E-state index contributed by atoms with van der Waals surface area (Å²) in [5.74, 6) is -1.87. The molecule has 0 radical (unpaired) electrons. The maximum atomic E-state index is 13.0. The first-order chi connectivity index (χ1) is 9.70. The number of carboxylic acids is 1. The number of aryl methyl sites for hydroxylation is 1. The van der Waals surface area contributed by atoms with Crippen molar-refractivity contribution in [3.05, 3.63) is 44.9 Å². The van der Waals surface area contributed by atoms with Gasteiger partial charge in [0.15, 0.2) is 0 Å². The average Bonchev–Trinajstić information content (AvgIpc) is 2.77. The Morgan fingerprint density at radius 3 is 2.57 bits per heavy atom. The summed E-state index contributed by atoms with van der Waals surface area (Å²) in [7, 11) is -3.97. The van der Waals surface area contributed by atoms with Crippen LogP contribution in [0.3, 0.4) is 0 Å². The minimum absolute atomic E-state index is 0.0787. The van der Waals surface area contributed by atoms with Crippen molar-refractivity contribution in [2.24, 2.45) is 0 Å². The highest BCUT2D eigenvalue weighted by Crippen LogP contribution is 2.28. The lowest BCUT2D eigenvalue weighted by atomic mass is 10.3. The van der Waals surface area contributed by atoms with Crippen molar-refractivity contribution in [2.45, 2.75) is 11.8 Å². The molecule has 0 unspecified atom stereocenters. The molecule has 112 valence electrons. The zero-order chi connectivity index (χ0) is 15.8. The summed E-state index contributed by atoms with van der Waals surface area (Å²) in [4.78, 5) is 11.0. The quantitative estimate of drug-likeness (QED) is 0.886. The van der Waals surface area contributed by atoms with Gasteiger partial charge in [-0.2, -0.15) is 0 Å². The van der Waals surface area contributed by atoms with Gasteiger partial charge in [0.1, 0.15) is 15.6 Å². The van der Waals surface area contributed by atoms with Crippen LogP contribution < -0.4 is 4.72 Å². The molecule has 1 aromatic heterocycles.